The van der Waals surface area contributed by atoms with Crippen LogP contribution in [0.25, 0.3) is 11.3 Å². The van der Waals surface area contributed by atoms with E-state index < -0.39 is 0 Å². The summed E-state index contributed by atoms with van der Waals surface area (Å²) in [6.07, 6.45) is 0.965. The number of benzene rings is 1. The van der Waals surface area contributed by atoms with Crippen molar-refractivity contribution >= 4 is 0 Å². The summed E-state index contributed by atoms with van der Waals surface area (Å²) >= 11 is 0. The summed E-state index contributed by atoms with van der Waals surface area (Å²) < 4.78 is 0. The fraction of sp³-hybridized carbons (Fsp3) is 0.375. The molecule has 2 N–H and O–H groups in total. The Morgan fingerprint density at radius 3 is 2.53 bits per heavy atom. The maximum atomic E-state index is 5.80. The van der Waals surface area contributed by atoms with Gasteiger partial charge in [-0.05, 0) is 31.9 Å². The molecule has 3 heteroatoms. The molecule has 1 aromatic carbocycles. The second kappa shape index (κ2) is 5.93. The Morgan fingerprint density at radius 1 is 1.16 bits per heavy atom. The Kier molecular flexibility index (Phi) is 4.27. The Morgan fingerprint density at radius 2 is 1.89 bits per heavy atom. The third kappa shape index (κ3) is 2.99. The number of hydrogen-bond donors (Lipinski definition) is 1. The Labute approximate surface area is 114 Å². The van der Waals surface area contributed by atoms with E-state index in [0.717, 1.165) is 23.6 Å². The van der Waals surface area contributed by atoms with E-state index >= 15 is 0 Å². The summed E-state index contributed by atoms with van der Waals surface area (Å²) in [6, 6.07) is 10.3. The highest BCUT2D eigenvalue weighted by Gasteiger charge is 2.13. The van der Waals surface area contributed by atoms with E-state index in [1.807, 2.05) is 25.1 Å². The van der Waals surface area contributed by atoms with Crippen molar-refractivity contribution in [2.75, 3.05) is 6.54 Å². The maximum absolute atomic E-state index is 5.80. The van der Waals surface area contributed by atoms with Crippen molar-refractivity contribution in [3.05, 3.63) is 47.4 Å². The van der Waals surface area contributed by atoms with Gasteiger partial charge in [-0.1, -0.05) is 31.2 Å². The Balaban J connectivity index is 2.51. The molecule has 100 valence electrons. The van der Waals surface area contributed by atoms with Crippen LogP contribution in [0.4, 0.5) is 0 Å². The minimum atomic E-state index is 0.239. The third-order valence-electron chi connectivity index (χ3n) is 3.43. The first-order valence-electron chi connectivity index (χ1n) is 6.77. The largest absolute Gasteiger partial charge is 0.330 e. The zero-order valence-electron chi connectivity index (χ0n) is 11.9. The van der Waals surface area contributed by atoms with Gasteiger partial charge in [-0.2, -0.15) is 0 Å². The van der Waals surface area contributed by atoms with Crippen LogP contribution in [-0.4, -0.2) is 16.5 Å². The lowest BCUT2D eigenvalue weighted by atomic mass is 10.0. The second-order valence-corrected chi connectivity index (χ2v) is 4.91. The maximum Gasteiger partial charge on any atom is 0.133 e. The fourth-order valence-electron chi connectivity index (χ4n) is 2.23. The molecule has 1 atom stereocenters. The van der Waals surface area contributed by atoms with Crippen LogP contribution in [0.15, 0.2) is 30.3 Å². The summed E-state index contributed by atoms with van der Waals surface area (Å²) in [5.41, 5.74) is 10.2. The van der Waals surface area contributed by atoms with Gasteiger partial charge in [-0.25, -0.2) is 9.97 Å². The molecule has 0 bridgehead atoms. The quantitative estimate of drug-likeness (QED) is 0.912. The smallest absolute Gasteiger partial charge is 0.133 e. The highest BCUT2D eigenvalue weighted by atomic mass is 14.9. The van der Waals surface area contributed by atoms with Gasteiger partial charge >= 0.3 is 0 Å². The van der Waals surface area contributed by atoms with Crippen molar-refractivity contribution in [1.29, 1.82) is 0 Å². The van der Waals surface area contributed by atoms with Gasteiger partial charge in [-0.15, -0.1) is 0 Å². The van der Waals surface area contributed by atoms with Gasteiger partial charge in [0.25, 0.3) is 0 Å². The highest BCUT2D eigenvalue weighted by molar-refractivity contribution is 5.63. The Hall–Kier alpha value is -1.74. The first kappa shape index (κ1) is 13.7. The fourth-order valence-corrected chi connectivity index (χ4v) is 2.23. The molecule has 2 aromatic rings. The molecule has 1 aromatic heterocycles. The predicted octanol–water partition coefficient (Wildman–Crippen LogP) is 3.21. The van der Waals surface area contributed by atoms with Crippen molar-refractivity contribution in [3.63, 3.8) is 0 Å². The lowest BCUT2D eigenvalue weighted by molar-refractivity contribution is 0.628. The van der Waals surface area contributed by atoms with Crippen LogP contribution in [0, 0.1) is 13.8 Å². The molecular formula is C16H21N3. The lowest BCUT2D eigenvalue weighted by Crippen LogP contribution is -2.15. The molecule has 0 amide bonds. The lowest BCUT2D eigenvalue weighted by Gasteiger charge is -2.13. The van der Waals surface area contributed by atoms with Gasteiger partial charge in [0.05, 0.1) is 5.69 Å². The van der Waals surface area contributed by atoms with Crippen molar-refractivity contribution < 1.29 is 0 Å². The van der Waals surface area contributed by atoms with Crippen LogP contribution in [0.2, 0.25) is 0 Å². The average Bonchev–Trinajstić information content (AvgIpc) is 2.40. The van der Waals surface area contributed by atoms with E-state index in [9.17, 15) is 0 Å². The van der Waals surface area contributed by atoms with Gasteiger partial charge in [0.1, 0.15) is 5.82 Å². The molecule has 2 rings (SSSR count). The van der Waals surface area contributed by atoms with E-state index in [1.54, 1.807) is 0 Å². The van der Waals surface area contributed by atoms with E-state index in [-0.39, 0.29) is 5.92 Å². The first-order valence-corrected chi connectivity index (χ1v) is 6.77. The second-order valence-electron chi connectivity index (χ2n) is 4.91. The summed E-state index contributed by atoms with van der Waals surface area (Å²) in [6.45, 7) is 6.83. The van der Waals surface area contributed by atoms with Crippen LogP contribution in [0.5, 0.6) is 0 Å². The molecule has 19 heavy (non-hydrogen) atoms. The number of hydrogen-bond acceptors (Lipinski definition) is 3. The summed E-state index contributed by atoms with van der Waals surface area (Å²) in [7, 11) is 0. The van der Waals surface area contributed by atoms with Crippen LogP contribution < -0.4 is 5.73 Å². The molecule has 0 saturated heterocycles. The van der Waals surface area contributed by atoms with E-state index in [1.165, 1.54) is 11.1 Å². The molecule has 0 aliphatic heterocycles. The average molecular weight is 255 g/mol. The molecule has 0 fully saturated rings. The molecule has 0 aliphatic carbocycles. The molecule has 0 saturated carbocycles. The van der Waals surface area contributed by atoms with Gasteiger partial charge in [0.15, 0.2) is 0 Å². The van der Waals surface area contributed by atoms with E-state index in [4.69, 9.17) is 10.7 Å². The van der Waals surface area contributed by atoms with Gasteiger partial charge in [0.2, 0.25) is 0 Å². The third-order valence-corrected chi connectivity index (χ3v) is 3.43. The Bertz CT molecular complexity index is 560. The SMILES string of the molecule is CCC(CN)c1nc(C)cc(-c2ccccc2C)n1. The molecule has 1 heterocycles. The number of nitrogens with two attached hydrogens (primary N) is 1. The van der Waals surface area contributed by atoms with Crippen molar-refractivity contribution in [1.82, 2.24) is 9.97 Å². The molecule has 0 radical (unpaired) electrons. The van der Waals surface area contributed by atoms with Gasteiger partial charge in [-0.3, -0.25) is 0 Å². The number of aryl methyl sites for hydroxylation is 2. The molecule has 0 aliphatic rings. The van der Waals surface area contributed by atoms with Gasteiger partial charge < -0.3 is 5.73 Å². The minimum absolute atomic E-state index is 0.239. The monoisotopic (exact) mass is 255 g/mol. The molecule has 3 nitrogen and oxygen atoms in total. The first-order chi connectivity index (χ1) is 9.15. The standard InChI is InChI=1S/C16H21N3/c1-4-13(10-17)16-18-12(3)9-15(19-16)14-8-6-5-7-11(14)2/h5-9,13H,4,10,17H2,1-3H3. The van der Waals surface area contributed by atoms with Crippen LogP contribution in [-0.2, 0) is 0 Å². The van der Waals surface area contributed by atoms with Crippen molar-refractivity contribution in [3.8, 4) is 11.3 Å². The van der Waals surface area contributed by atoms with Crippen LogP contribution >= 0.6 is 0 Å². The summed E-state index contributed by atoms with van der Waals surface area (Å²) in [5, 5.41) is 0. The van der Waals surface area contributed by atoms with Crippen molar-refractivity contribution in [2.45, 2.75) is 33.1 Å². The molecular weight excluding hydrogens is 234 g/mol. The number of rotatable bonds is 4. The zero-order valence-corrected chi connectivity index (χ0v) is 11.9. The van der Waals surface area contributed by atoms with Crippen LogP contribution in [0.3, 0.4) is 0 Å². The number of nitrogens with zero attached hydrogens (tertiary/aromatic N) is 2. The molecule has 0 spiro atoms. The highest BCUT2D eigenvalue weighted by Crippen LogP contribution is 2.24. The molecule has 1 unspecified atom stereocenters. The van der Waals surface area contributed by atoms with Crippen LogP contribution in [0.1, 0.15) is 36.3 Å². The van der Waals surface area contributed by atoms with E-state index in [2.05, 4.69) is 31.0 Å². The predicted molar refractivity (Wildman–Crippen MR) is 79.0 cm³/mol. The number of aromatic nitrogens is 2. The van der Waals surface area contributed by atoms with E-state index in [0.29, 0.717) is 6.54 Å². The zero-order chi connectivity index (χ0) is 13.8. The van der Waals surface area contributed by atoms with Gasteiger partial charge in [0, 0.05) is 23.7 Å². The minimum Gasteiger partial charge on any atom is -0.330 e. The summed E-state index contributed by atoms with van der Waals surface area (Å²) in [4.78, 5) is 9.26. The normalized spacial score (nSPS) is 12.4. The van der Waals surface area contributed by atoms with Crippen molar-refractivity contribution in [2.24, 2.45) is 5.73 Å². The topological polar surface area (TPSA) is 51.8 Å². The summed E-state index contributed by atoms with van der Waals surface area (Å²) in [5.74, 6) is 1.10.